The van der Waals surface area contributed by atoms with Gasteiger partial charge in [-0.25, -0.2) is 0 Å². The summed E-state index contributed by atoms with van der Waals surface area (Å²) in [7, 11) is 0. The maximum atomic E-state index is 5.83. The van der Waals surface area contributed by atoms with Crippen LogP contribution in [0.25, 0.3) is 0 Å². The molecular formula is C11H18N2O2. The third-order valence-corrected chi connectivity index (χ3v) is 2.90. The lowest BCUT2D eigenvalue weighted by Gasteiger charge is -2.22. The van der Waals surface area contributed by atoms with Gasteiger partial charge >= 0.3 is 0 Å². The molecule has 1 N–H and O–H groups in total. The monoisotopic (exact) mass is 210 g/mol. The molecule has 1 aliphatic heterocycles. The van der Waals surface area contributed by atoms with Crippen LogP contribution in [0.3, 0.4) is 0 Å². The molecule has 1 aromatic heterocycles. The minimum absolute atomic E-state index is 0.340. The van der Waals surface area contributed by atoms with Crippen LogP contribution >= 0.6 is 0 Å². The van der Waals surface area contributed by atoms with Crippen molar-refractivity contribution in [2.24, 2.45) is 0 Å². The molecule has 0 bridgehead atoms. The highest BCUT2D eigenvalue weighted by molar-refractivity contribution is 5.19. The number of hydrogen-bond donors (Lipinski definition) is 1. The summed E-state index contributed by atoms with van der Waals surface area (Å²) in [6.45, 7) is 6.58. The highest BCUT2D eigenvalue weighted by Gasteiger charge is 2.15. The number of ether oxygens (including phenoxy) is 1. The van der Waals surface area contributed by atoms with Crippen LogP contribution in [-0.4, -0.2) is 24.4 Å². The van der Waals surface area contributed by atoms with E-state index in [1.807, 2.05) is 13.8 Å². The molecule has 0 aromatic carbocycles. The molecule has 2 rings (SSSR count). The van der Waals surface area contributed by atoms with E-state index in [4.69, 9.17) is 9.26 Å². The highest BCUT2D eigenvalue weighted by Crippen LogP contribution is 2.16. The summed E-state index contributed by atoms with van der Waals surface area (Å²) in [5, 5.41) is 7.24. The van der Waals surface area contributed by atoms with Crippen LogP contribution in [0.15, 0.2) is 4.52 Å². The number of nitrogens with zero attached hydrogens (tertiary/aromatic N) is 1. The van der Waals surface area contributed by atoms with E-state index in [2.05, 4.69) is 10.5 Å². The molecule has 15 heavy (non-hydrogen) atoms. The standard InChI is InChI=1S/C11H18N2O2/c1-8-11(9(2)15-13-8)7-14-10-4-3-5-12-6-10/h10,12H,3-7H2,1-2H3. The van der Waals surface area contributed by atoms with Gasteiger partial charge in [0.2, 0.25) is 0 Å². The van der Waals surface area contributed by atoms with Crippen molar-refractivity contribution in [3.05, 3.63) is 17.0 Å². The van der Waals surface area contributed by atoms with E-state index < -0.39 is 0 Å². The molecule has 1 aromatic rings. The average Bonchev–Trinajstić information content (AvgIpc) is 2.58. The molecule has 1 unspecified atom stereocenters. The number of aryl methyl sites for hydroxylation is 2. The summed E-state index contributed by atoms with van der Waals surface area (Å²) >= 11 is 0. The second-order valence-corrected chi connectivity index (χ2v) is 4.08. The fourth-order valence-corrected chi connectivity index (χ4v) is 1.87. The van der Waals surface area contributed by atoms with Crippen molar-refractivity contribution in [1.29, 1.82) is 0 Å². The van der Waals surface area contributed by atoms with E-state index in [1.54, 1.807) is 0 Å². The Morgan fingerprint density at radius 1 is 1.53 bits per heavy atom. The summed E-state index contributed by atoms with van der Waals surface area (Å²) in [6.07, 6.45) is 2.69. The second kappa shape index (κ2) is 4.77. The van der Waals surface area contributed by atoms with Crippen molar-refractivity contribution in [1.82, 2.24) is 10.5 Å². The van der Waals surface area contributed by atoms with Crippen LogP contribution in [0.1, 0.15) is 29.9 Å². The number of nitrogens with one attached hydrogen (secondary N) is 1. The van der Waals surface area contributed by atoms with Crippen LogP contribution in [0, 0.1) is 13.8 Å². The fourth-order valence-electron chi connectivity index (χ4n) is 1.87. The van der Waals surface area contributed by atoms with Gasteiger partial charge in [-0.1, -0.05) is 5.16 Å². The Labute approximate surface area is 90.0 Å². The lowest BCUT2D eigenvalue weighted by atomic mass is 10.1. The van der Waals surface area contributed by atoms with E-state index >= 15 is 0 Å². The lowest BCUT2D eigenvalue weighted by Crippen LogP contribution is -2.35. The zero-order valence-corrected chi connectivity index (χ0v) is 9.38. The first kappa shape index (κ1) is 10.6. The maximum Gasteiger partial charge on any atom is 0.139 e. The lowest BCUT2D eigenvalue weighted by molar-refractivity contribution is 0.0245. The van der Waals surface area contributed by atoms with E-state index in [0.717, 1.165) is 36.5 Å². The number of aromatic nitrogens is 1. The molecule has 0 aliphatic carbocycles. The molecule has 0 radical (unpaired) electrons. The highest BCUT2D eigenvalue weighted by atomic mass is 16.5. The van der Waals surface area contributed by atoms with Crippen molar-refractivity contribution in [3.63, 3.8) is 0 Å². The predicted octanol–water partition coefficient (Wildman–Crippen LogP) is 1.56. The number of rotatable bonds is 3. The van der Waals surface area contributed by atoms with Crippen molar-refractivity contribution in [2.45, 2.75) is 39.4 Å². The van der Waals surface area contributed by atoms with Gasteiger partial charge in [0.25, 0.3) is 0 Å². The Balaban J connectivity index is 1.87. The molecule has 0 amide bonds. The molecule has 1 atom stereocenters. The smallest absolute Gasteiger partial charge is 0.139 e. The zero-order chi connectivity index (χ0) is 10.7. The molecule has 84 valence electrons. The molecule has 1 aliphatic rings. The van der Waals surface area contributed by atoms with Crippen LogP contribution < -0.4 is 5.32 Å². The summed E-state index contributed by atoms with van der Waals surface area (Å²) < 4.78 is 10.9. The Hall–Kier alpha value is -0.870. The topological polar surface area (TPSA) is 47.3 Å². The average molecular weight is 210 g/mol. The van der Waals surface area contributed by atoms with Gasteiger partial charge in [0.15, 0.2) is 0 Å². The Bertz CT molecular complexity index is 297. The van der Waals surface area contributed by atoms with Gasteiger partial charge < -0.3 is 14.6 Å². The molecule has 4 heteroatoms. The van der Waals surface area contributed by atoms with Gasteiger partial charge in [-0.05, 0) is 33.2 Å². The van der Waals surface area contributed by atoms with Gasteiger partial charge in [-0.3, -0.25) is 0 Å². The van der Waals surface area contributed by atoms with Crippen LogP contribution in [0.5, 0.6) is 0 Å². The van der Waals surface area contributed by atoms with Gasteiger partial charge in [-0.2, -0.15) is 0 Å². The Morgan fingerprint density at radius 3 is 3.00 bits per heavy atom. The fraction of sp³-hybridized carbons (Fsp3) is 0.727. The van der Waals surface area contributed by atoms with Gasteiger partial charge in [0, 0.05) is 12.1 Å². The first-order valence-electron chi connectivity index (χ1n) is 5.51. The largest absolute Gasteiger partial charge is 0.372 e. The second-order valence-electron chi connectivity index (χ2n) is 4.08. The molecule has 0 spiro atoms. The third kappa shape index (κ3) is 2.58. The molecule has 2 heterocycles. The Kier molecular flexibility index (Phi) is 3.38. The summed E-state index contributed by atoms with van der Waals surface area (Å²) in [5.41, 5.74) is 2.04. The van der Waals surface area contributed by atoms with E-state index in [-0.39, 0.29) is 0 Å². The van der Waals surface area contributed by atoms with Gasteiger partial charge in [-0.15, -0.1) is 0 Å². The van der Waals surface area contributed by atoms with Gasteiger partial charge in [0.1, 0.15) is 5.76 Å². The van der Waals surface area contributed by atoms with Crippen LogP contribution in [0.2, 0.25) is 0 Å². The number of hydrogen-bond acceptors (Lipinski definition) is 4. The predicted molar refractivity (Wildman–Crippen MR) is 56.7 cm³/mol. The summed E-state index contributed by atoms with van der Waals surface area (Å²) in [5.74, 6) is 0.872. The first-order valence-corrected chi connectivity index (χ1v) is 5.51. The minimum atomic E-state index is 0.340. The quantitative estimate of drug-likeness (QED) is 0.822. The normalized spacial score (nSPS) is 21.9. The van der Waals surface area contributed by atoms with Crippen molar-refractivity contribution < 1.29 is 9.26 Å². The SMILES string of the molecule is Cc1noc(C)c1COC1CCCNC1. The zero-order valence-electron chi connectivity index (χ0n) is 9.38. The van der Waals surface area contributed by atoms with Crippen LogP contribution in [0.4, 0.5) is 0 Å². The van der Waals surface area contributed by atoms with Crippen molar-refractivity contribution >= 4 is 0 Å². The first-order chi connectivity index (χ1) is 7.27. The summed E-state index contributed by atoms with van der Waals surface area (Å²) in [4.78, 5) is 0. The molecule has 4 nitrogen and oxygen atoms in total. The van der Waals surface area contributed by atoms with E-state index in [9.17, 15) is 0 Å². The summed E-state index contributed by atoms with van der Waals surface area (Å²) in [6, 6.07) is 0. The maximum absolute atomic E-state index is 5.83. The minimum Gasteiger partial charge on any atom is -0.372 e. The van der Waals surface area contributed by atoms with Crippen LogP contribution in [-0.2, 0) is 11.3 Å². The van der Waals surface area contributed by atoms with Crippen molar-refractivity contribution in [3.8, 4) is 0 Å². The molecule has 1 fully saturated rings. The van der Waals surface area contributed by atoms with E-state index in [1.165, 1.54) is 6.42 Å². The van der Waals surface area contributed by atoms with Crippen molar-refractivity contribution in [2.75, 3.05) is 13.1 Å². The Morgan fingerprint density at radius 2 is 2.40 bits per heavy atom. The molecule has 1 saturated heterocycles. The number of piperidine rings is 1. The molecule has 0 saturated carbocycles. The third-order valence-electron chi connectivity index (χ3n) is 2.90. The molecular weight excluding hydrogens is 192 g/mol. The van der Waals surface area contributed by atoms with Gasteiger partial charge in [0.05, 0.1) is 18.4 Å². The van der Waals surface area contributed by atoms with E-state index in [0.29, 0.717) is 12.7 Å².